The molecule has 0 amide bonds. The zero-order valence-electron chi connectivity index (χ0n) is 10.9. The van der Waals surface area contributed by atoms with Gasteiger partial charge in [-0.1, -0.05) is 24.6 Å². The molecule has 16 heavy (non-hydrogen) atoms. The van der Waals surface area contributed by atoms with Gasteiger partial charge in [-0.05, 0) is 51.4 Å². The average Bonchev–Trinajstić information content (AvgIpc) is 2.24. The summed E-state index contributed by atoms with van der Waals surface area (Å²) in [7, 11) is 1.98. The Kier molecular flexibility index (Phi) is 5.33. The maximum absolute atomic E-state index is 5.84. The maximum atomic E-state index is 5.84. The summed E-state index contributed by atoms with van der Waals surface area (Å²) in [5, 5.41) is 3.18. The molecule has 0 aliphatic carbocycles. The van der Waals surface area contributed by atoms with E-state index in [2.05, 4.69) is 38.2 Å². The quantitative estimate of drug-likeness (QED) is 0.797. The molecule has 0 heterocycles. The van der Waals surface area contributed by atoms with Gasteiger partial charge in [0.15, 0.2) is 0 Å². The molecule has 0 atom stereocenters. The van der Waals surface area contributed by atoms with E-state index in [1.54, 1.807) is 0 Å². The predicted molar refractivity (Wildman–Crippen MR) is 69.3 cm³/mol. The third-order valence-electron chi connectivity index (χ3n) is 2.59. The molecule has 1 rings (SSSR count). The van der Waals surface area contributed by atoms with Crippen molar-refractivity contribution in [3.05, 3.63) is 28.8 Å². The fourth-order valence-corrected chi connectivity index (χ4v) is 1.90. The minimum atomic E-state index is 0.802. The largest absolute Gasteiger partial charge is 0.493 e. The Morgan fingerprint density at radius 1 is 1.25 bits per heavy atom. The molecular weight excluding hydrogens is 198 g/mol. The van der Waals surface area contributed by atoms with Crippen LogP contribution in [0.5, 0.6) is 5.75 Å². The summed E-state index contributed by atoms with van der Waals surface area (Å²) in [5.74, 6) is 1.09. The highest BCUT2D eigenvalue weighted by molar-refractivity contribution is 5.44. The van der Waals surface area contributed by atoms with Crippen molar-refractivity contribution < 1.29 is 4.74 Å². The summed E-state index contributed by atoms with van der Waals surface area (Å²) in [6.07, 6.45) is 2.08. The molecule has 1 N–H and O–H groups in total. The molecule has 2 heteroatoms. The lowest BCUT2D eigenvalue weighted by atomic mass is 10.0. The van der Waals surface area contributed by atoms with E-state index in [1.807, 2.05) is 7.05 Å². The van der Waals surface area contributed by atoms with Gasteiger partial charge in [0.05, 0.1) is 6.61 Å². The molecule has 0 saturated heterocycles. The molecule has 0 unspecified atom stereocenters. The molecule has 0 radical (unpaired) electrons. The smallest absolute Gasteiger partial charge is 0.125 e. The van der Waals surface area contributed by atoms with Crippen LogP contribution in [-0.2, 0) is 6.42 Å². The molecular formula is C14H23NO. The van der Waals surface area contributed by atoms with E-state index in [0.717, 1.165) is 31.7 Å². The van der Waals surface area contributed by atoms with E-state index in [1.165, 1.54) is 16.7 Å². The topological polar surface area (TPSA) is 21.3 Å². The molecule has 1 aromatic rings. The van der Waals surface area contributed by atoms with Crippen molar-refractivity contribution in [3.63, 3.8) is 0 Å². The zero-order valence-corrected chi connectivity index (χ0v) is 10.9. The SMILES string of the molecule is CCCOc1c(C)cc(C)cc1CCNC. The van der Waals surface area contributed by atoms with Crippen LogP contribution in [0.25, 0.3) is 0 Å². The van der Waals surface area contributed by atoms with Crippen LogP contribution in [0.4, 0.5) is 0 Å². The highest BCUT2D eigenvalue weighted by Gasteiger charge is 2.07. The van der Waals surface area contributed by atoms with Gasteiger partial charge in [-0.15, -0.1) is 0 Å². The lowest BCUT2D eigenvalue weighted by Gasteiger charge is -2.15. The van der Waals surface area contributed by atoms with Crippen molar-refractivity contribution in [2.24, 2.45) is 0 Å². The highest BCUT2D eigenvalue weighted by atomic mass is 16.5. The van der Waals surface area contributed by atoms with E-state index in [0.29, 0.717) is 0 Å². The summed E-state index contributed by atoms with van der Waals surface area (Å²) in [6, 6.07) is 4.42. The van der Waals surface area contributed by atoms with E-state index in [4.69, 9.17) is 4.74 Å². The van der Waals surface area contributed by atoms with E-state index < -0.39 is 0 Å². The van der Waals surface area contributed by atoms with Gasteiger partial charge in [-0.2, -0.15) is 0 Å². The number of aryl methyl sites for hydroxylation is 2. The molecule has 0 spiro atoms. The summed E-state index contributed by atoms with van der Waals surface area (Å²) < 4.78 is 5.84. The van der Waals surface area contributed by atoms with E-state index in [-0.39, 0.29) is 0 Å². The van der Waals surface area contributed by atoms with Crippen LogP contribution in [0.3, 0.4) is 0 Å². The van der Waals surface area contributed by atoms with Gasteiger partial charge in [0.2, 0.25) is 0 Å². The molecule has 0 aromatic heterocycles. The van der Waals surface area contributed by atoms with Gasteiger partial charge < -0.3 is 10.1 Å². The maximum Gasteiger partial charge on any atom is 0.125 e. The fourth-order valence-electron chi connectivity index (χ4n) is 1.90. The van der Waals surface area contributed by atoms with Crippen LogP contribution < -0.4 is 10.1 Å². The van der Waals surface area contributed by atoms with Crippen LogP contribution in [0.2, 0.25) is 0 Å². The predicted octanol–water partition coefficient (Wildman–Crippen LogP) is 2.85. The van der Waals surface area contributed by atoms with Gasteiger partial charge in [0, 0.05) is 0 Å². The van der Waals surface area contributed by atoms with Crippen LogP contribution in [-0.4, -0.2) is 20.2 Å². The first kappa shape index (κ1) is 13.0. The Bertz CT molecular complexity index is 334. The molecule has 0 aliphatic rings. The minimum Gasteiger partial charge on any atom is -0.493 e. The summed E-state index contributed by atoms with van der Waals surface area (Å²) in [5.41, 5.74) is 3.88. The Hall–Kier alpha value is -1.02. The number of rotatable bonds is 6. The zero-order chi connectivity index (χ0) is 12.0. The van der Waals surface area contributed by atoms with Crippen LogP contribution >= 0.6 is 0 Å². The number of ether oxygens (including phenoxy) is 1. The molecule has 0 bridgehead atoms. The summed E-state index contributed by atoms with van der Waals surface area (Å²) in [4.78, 5) is 0. The lowest BCUT2D eigenvalue weighted by molar-refractivity contribution is 0.312. The van der Waals surface area contributed by atoms with Crippen molar-refractivity contribution in [1.29, 1.82) is 0 Å². The monoisotopic (exact) mass is 221 g/mol. The van der Waals surface area contributed by atoms with Crippen LogP contribution in [0, 0.1) is 13.8 Å². The first-order valence-corrected chi connectivity index (χ1v) is 6.06. The third kappa shape index (κ3) is 3.53. The van der Waals surface area contributed by atoms with E-state index in [9.17, 15) is 0 Å². The number of hydrogen-bond donors (Lipinski definition) is 1. The minimum absolute atomic E-state index is 0.802. The van der Waals surface area contributed by atoms with Crippen molar-refractivity contribution >= 4 is 0 Å². The van der Waals surface area contributed by atoms with Crippen LogP contribution in [0.1, 0.15) is 30.0 Å². The second-order valence-corrected chi connectivity index (χ2v) is 4.27. The number of nitrogens with one attached hydrogen (secondary N) is 1. The fraction of sp³-hybridized carbons (Fsp3) is 0.571. The lowest BCUT2D eigenvalue weighted by Crippen LogP contribution is -2.12. The Morgan fingerprint density at radius 2 is 2.00 bits per heavy atom. The molecule has 2 nitrogen and oxygen atoms in total. The van der Waals surface area contributed by atoms with Gasteiger partial charge in [-0.3, -0.25) is 0 Å². The molecule has 0 saturated carbocycles. The Labute approximate surface area is 99.0 Å². The van der Waals surface area contributed by atoms with Crippen molar-refractivity contribution in [2.75, 3.05) is 20.2 Å². The third-order valence-corrected chi connectivity index (χ3v) is 2.59. The molecule has 90 valence electrons. The van der Waals surface area contributed by atoms with Crippen molar-refractivity contribution in [1.82, 2.24) is 5.32 Å². The van der Waals surface area contributed by atoms with Crippen molar-refractivity contribution in [3.8, 4) is 5.75 Å². The standard InChI is InChI=1S/C14H23NO/c1-5-8-16-14-12(3)9-11(2)10-13(14)6-7-15-4/h9-10,15H,5-8H2,1-4H3. The first-order valence-electron chi connectivity index (χ1n) is 6.06. The molecule has 0 fully saturated rings. The normalized spacial score (nSPS) is 10.5. The van der Waals surface area contributed by atoms with Crippen molar-refractivity contribution in [2.45, 2.75) is 33.6 Å². The van der Waals surface area contributed by atoms with Gasteiger partial charge in [0.1, 0.15) is 5.75 Å². The number of benzene rings is 1. The second-order valence-electron chi connectivity index (χ2n) is 4.27. The van der Waals surface area contributed by atoms with E-state index >= 15 is 0 Å². The first-order chi connectivity index (χ1) is 7.69. The van der Waals surface area contributed by atoms with Gasteiger partial charge in [0.25, 0.3) is 0 Å². The summed E-state index contributed by atoms with van der Waals surface area (Å²) >= 11 is 0. The second kappa shape index (κ2) is 6.54. The Morgan fingerprint density at radius 3 is 2.62 bits per heavy atom. The molecule has 1 aromatic carbocycles. The van der Waals surface area contributed by atoms with Gasteiger partial charge >= 0.3 is 0 Å². The van der Waals surface area contributed by atoms with Gasteiger partial charge in [-0.25, -0.2) is 0 Å². The van der Waals surface area contributed by atoms with Crippen LogP contribution in [0.15, 0.2) is 12.1 Å². The number of hydrogen-bond acceptors (Lipinski definition) is 2. The average molecular weight is 221 g/mol. The number of likely N-dealkylation sites (N-methyl/N-ethyl adjacent to an activating group) is 1. The highest BCUT2D eigenvalue weighted by Crippen LogP contribution is 2.25. The Balaban J connectivity index is 2.91. The summed E-state index contributed by atoms with van der Waals surface area (Å²) in [6.45, 7) is 8.19. The molecule has 0 aliphatic heterocycles.